The number of aromatic nitrogens is 2. The summed E-state index contributed by atoms with van der Waals surface area (Å²) in [7, 11) is -1.83. The van der Waals surface area contributed by atoms with Crippen molar-refractivity contribution in [3.8, 4) is 0 Å². The van der Waals surface area contributed by atoms with Crippen LogP contribution in [0.5, 0.6) is 0 Å². The Bertz CT molecular complexity index is 781. The van der Waals surface area contributed by atoms with E-state index in [1.54, 1.807) is 19.2 Å². The Labute approximate surface area is 146 Å². The molecule has 1 fully saturated rings. The van der Waals surface area contributed by atoms with Crippen LogP contribution in [0.3, 0.4) is 0 Å². The monoisotopic (exact) mass is 368 g/mol. The van der Waals surface area contributed by atoms with Crippen LogP contribution in [0.2, 0.25) is 0 Å². The van der Waals surface area contributed by atoms with Gasteiger partial charge in [0, 0.05) is 44.8 Å². The number of piperazine rings is 1. The summed E-state index contributed by atoms with van der Waals surface area (Å²) in [6, 6.07) is 6.97. The first-order valence-electron chi connectivity index (χ1n) is 7.64. The van der Waals surface area contributed by atoms with E-state index in [1.165, 1.54) is 15.8 Å². The summed E-state index contributed by atoms with van der Waals surface area (Å²) in [6.07, 6.45) is 0. The fourth-order valence-electron chi connectivity index (χ4n) is 2.54. The summed E-state index contributed by atoms with van der Waals surface area (Å²) >= 11 is 1.32. The number of rotatable bonds is 5. The lowest BCUT2D eigenvalue weighted by molar-refractivity contribution is 0.179. The highest BCUT2D eigenvalue weighted by Gasteiger charge is 2.29. The Balaban J connectivity index is 1.66. The molecule has 0 saturated carbocycles. The minimum absolute atomic E-state index is 0.347. The summed E-state index contributed by atoms with van der Waals surface area (Å²) in [5.41, 5.74) is 1.04. The maximum absolute atomic E-state index is 12.7. The van der Waals surface area contributed by atoms with E-state index in [-0.39, 0.29) is 0 Å². The SMILES string of the molecule is COCc1nsc(N2CCN(S(=O)(=O)c3ccc(C)cc3)CC2)n1. The molecule has 1 aliphatic rings. The number of ether oxygens (including phenoxy) is 1. The molecule has 3 rings (SSSR count). The number of sulfonamides is 1. The summed E-state index contributed by atoms with van der Waals surface area (Å²) in [5, 5.41) is 0.814. The second-order valence-electron chi connectivity index (χ2n) is 5.63. The number of benzene rings is 1. The molecule has 0 amide bonds. The van der Waals surface area contributed by atoms with E-state index >= 15 is 0 Å². The van der Waals surface area contributed by atoms with Crippen LogP contribution in [0.1, 0.15) is 11.4 Å². The lowest BCUT2D eigenvalue weighted by atomic mass is 10.2. The number of nitrogens with zero attached hydrogens (tertiary/aromatic N) is 4. The highest BCUT2D eigenvalue weighted by atomic mass is 32.2. The molecule has 1 aromatic heterocycles. The standard InChI is InChI=1S/C15H20N4O3S2/c1-12-3-5-13(6-4-12)24(20,21)19-9-7-18(8-10-19)15-16-14(11-22-2)17-23-15/h3-6H,7-11H2,1-2H3. The predicted octanol–water partition coefficient (Wildman–Crippen LogP) is 1.50. The van der Waals surface area contributed by atoms with Crippen molar-refractivity contribution in [1.29, 1.82) is 0 Å². The fourth-order valence-corrected chi connectivity index (χ4v) is 4.69. The molecule has 130 valence electrons. The molecule has 0 unspecified atom stereocenters. The van der Waals surface area contributed by atoms with E-state index in [0.29, 0.717) is 43.5 Å². The lowest BCUT2D eigenvalue weighted by Gasteiger charge is -2.33. The molecule has 0 bridgehead atoms. The Morgan fingerprint density at radius 3 is 2.46 bits per heavy atom. The molecule has 0 spiro atoms. The first-order chi connectivity index (χ1) is 11.5. The van der Waals surface area contributed by atoms with Crippen LogP contribution in [0, 0.1) is 6.92 Å². The minimum atomic E-state index is -3.43. The van der Waals surface area contributed by atoms with Crippen molar-refractivity contribution < 1.29 is 13.2 Å². The zero-order valence-corrected chi connectivity index (χ0v) is 15.3. The van der Waals surface area contributed by atoms with E-state index in [1.807, 2.05) is 19.1 Å². The molecule has 0 radical (unpaired) electrons. The van der Waals surface area contributed by atoms with Gasteiger partial charge in [0.15, 0.2) is 5.82 Å². The van der Waals surface area contributed by atoms with Crippen molar-refractivity contribution in [2.75, 3.05) is 38.2 Å². The van der Waals surface area contributed by atoms with E-state index < -0.39 is 10.0 Å². The molecular formula is C15H20N4O3S2. The Kier molecular flexibility index (Phi) is 5.14. The van der Waals surface area contributed by atoms with Gasteiger partial charge < -0.3 is 9.64 Å². The van der Waals surface area contributed by atoms with Crippen molar-refractivity contribution in [3.05, 3.63) is 35.7 Å². The molecule has 2 aromatic rings. The van der Waals surface area contributed by atoms with E-state index in [4.69, 9.17) is 4.74 Å². The van der Waals surface area contributed by atoms with Crippen LogP contribution in [-0.2, 0) is 21.4 Å². The highest BCUT2D eigenvalue weighted by molar-refractivity contribution is 7.89. The number of aryl methyl sites for hydroxylation is 1. The Morgan fingerprint density at radius 2 is 1.83 bits per heavy atom. The normalized spacial score (nSPS) is 16.5. The lowest BCUT2D eigenvalue weighted by Crippen LogP contribution is -2.48. The van der Waals surface area contributed by atoms with Crippen molar-refractivity contribution in [2.24, 2.45) is 0 Å². The molecule has 0 aliphatic carbocycles. The second kappa shape index (κ2) is 7.14. The topological polar surface area (TPSA) is 75.6 Å². The zero-order valence-electron chi connectivity index (χ0n) is 13.7. The minimum Gasteiger partial charge on any atom is -0.377 e. The molecule has 0 atom stereocenters. The molecule has 0 N–H and O–H groups in total. The maximum Gasteiger partial charge on any atom is 0.243 e. The van der Waals surface area contributed by atoms with Gasteiger partial charge in [-0.05, 0) is 19.1 Å². The van der Waals surface area contributed by atoms with Gasteiger partial charge in [0.25, 0.3) is 0 Å². The first-order valence-corrected chi connectivity index (χ1v) is 9.85. The van der Waals surface area contributed by atoms with E-state index in [9.17, 15) is 8.42 Å². The third-order valence-electron chi connectivity index (χ3n) is 3.90. The van der Waals surface area contributed by atoms with Gasteiger partial charge in [0.1, 0.15) is 6.61 Å². The molecular weight excluding hydrogens is 348 g/mol. The van der Waals surface area contributed by atoms with E-state index in [0.717, 1.165) is 10.7 Å². The third-order valence-corrected chi connectivity index (χ3v) is 6.63. The van der Waals surface area contributed by atoms with Crippen LogP contribution in [0.4, 0.5) is 5.13 Å². The molecule has 24 heavy (non-hydrogen) atoms. The fraction of sp³-hybridized carbons (Fsp3) is 0.467. The highest BCUT2D eigenvalue weighted by Crippen LogP contribution is 2.22. The van der Waals surface area contributed by atoms with Crippen LogP contribution in [0.15, 0.2) is 29.2 Å². The maximum atomic E-state index is 12.7. The molecule has 2 heterocycles. The van der Waals surface area contributed by atoms with Crippen molar-refractivity contribution >= 4 is 26.7 Å². The average Bonchev–Trinajstić information content (AvgIpc) is 3.04. The van der Waals surface area contributed by atoms with Gasteiger partial charge >= 0.3 is 0 Å². The molecule has 1 aliphatic heterocycles. The van der Waals surface area contributed by atoms with Gasteiger partial charge in [-0.3, -0.25) is 0 Å². The Morgan fingerprint density at radius 1 is 1.17 bits per heavy atom. The van der Waals surface area contributed by atoms with Crippen LogP contribution in [-0.4, -0.2) is 55.4 Å². The number of hydrogen-bond acceptors (Lipinski definition) is 7. The molecule has 7 nitrogen and oxygen atoms in total. The average molecular weight is 368 g/mol. The van der Waals surface area contributed by atoms with Crippen molar-refractivity contribution in [1.82, 2.24) is 13.7 Å². The number of anilines is 1. The van der Waals surface area contributed by atoms with Gasteiger partial charge in [0.2, 0.25) is 15.2 Å². The quantitative estimate of drug-likeness (QED) is 0.796. The van der Waals surface area contributed by atoms with Gasteiger partial charge in [-0.1, -0.05) is 17.7 Å². The summed E-state index contributed by atoms with van der Waals surface area (Å²) in [4.78, 5) is 6.83. The second-order valence-corrected chi connectivity index (χ2v) is 8.30. The van der Waals surface area contributed by atoms with Gasteiger partial charge in [-0.25, -0.2) is 13.4 Å². The van der Waals surface area contributed by atoms with Crippen molar-refractivity contribution in [3.63, 3.8) is 0 Å². The largest absolute Gasteiger partial charge is 0.377 e. The summed E-state index contributed by atoms with van der Waals surface area (Å²) in [5.74, 6) is 0.659. The summed E-state index contributed by atoms with van der Waals surface area (Å²) in [6.45, 7) is 4.41. The van der Waals surface area contributed by atoms with E-state index in [2.05, 4.69) is 14.3 Å². The molecule has 1 aromatic carbocycles. The van der Waals surface area contributed by atoms with Gasteiger partial charge in [-0.15, -0.1) is 0 Å². The summed E-state index contributed by atoms with van der Waals surface area (Å²) < 4.78 is 36.2. The smallest absolute Gasteiger partial charge is 0.243 e. The molecule has 9 heteroatoms. The first kappa shape index (κ1) is 17.3. The Hall–Kier alpha value is -1.55. The predicted molar refractivity (Wildman–Crippen MR) is 92.8 cm³/mol. The van der Waals surface area contributed by atoms with Crippen LogP contribution in [0.25, 0.3) is 0 Å². The van der Waals surface area contributed by atoms with Gasteiger partial charge in [-0.2, -0.15) is 8.68 Å². The van der Waals surface area contributed by atoms with Crippen molar-refractivity contribution in [2.45, 2.75) is 18.4 Å². The third kappa shape index (κ3) is 3.59. The van der Waals surface area contributed by atoms with Crippen LogP contribution < -0.4 is 4.90 Å². The molecule has 1 saturated heterocycles. The van der Waals surface area contributed by atoms with Crippen LogP contribution >= 0.6 is 11.5 Å². The number of hydrogen-bond donors (Lipinski definition) is 0. The van der Waals surface area contributed by atoms with Gasteiger partial charge in [0.05, 0.1) is 4.90 Å². The zero-order chi connectivity index (χ0) is 17.2. The number of methoxy groups -OCH3 is 1.